The molecular formula is C80H63ClF17IN22O12. The summed E-state index contributed by atoms with van der Waals surface area (Å²) in [5.41, 5.74) is -19.9. The quantitative estimate of drug-likeness (QED) is 0.0130. The van der Waals surface area contributed by atoms with Crippen LogP contribution in [0.1, 0.15) is 90.3 Å². The molecule has 0 fully saturated rings. The van der Waals surface area contributed by atoms with Crippen LogP contribution < -0.4 is 26.6 Å². The van der Waals surface area contributed by atoms with E-state index < -0.39 is 173 Å². The van der Waals surface area contributed by atoms with Gasteiger partial charge in [0, 0.05) is 58.7 Å². The molecule has 0 spiro atoms. The van der Waals surface area contributed by atoms with E-state index in [1.54, 1.807) is 6.20 Å². The van der Waals surface area contributed by atoms with E-state index >= 15 is 0 Å². The zero-order valence-electron chi connectivity index (χ0n) is 68.1. The van der Waals surface area contributed by atoms with E-state index in [4.69, 9.17) is 37.9 Å². The number of nitriles is 5. The molecule has 5 amide bonds. The first-order chi connectivity index (χ1) is 61.5. The van der Waals surface area contributed by atoms with Crippen LogP contribution in [0, 0.1) is 82.0 Å². The first kappa shape index (κ1) is 105. The standard InChI is InChI=1S/C20H15F4N5O2.C16H12F3N5O2.C15H12ClF3N4O2.C15H12F3IN4O2.C14H12F4N4O4/c1-19(31,11-29-10-17(27-28-29)12-2-5-14(21)6-3-12)18(30)26-15-7-4-13(9-25)16(8-15)20(22,23)24;1-15(26,9-24-8-10(5-20)7-22-24)14(25)23-12-3-2-11(6-21)13(4-12)16(17,18)19;1-14(25,8-23-7-10(16)6-21-23)13(24)22-11-3-2-9(5-20)12(4-11)15(17,18)19;1-14(25,8-23-7-10(19)6-21-23)13(24)22-11-3-2-9(5-20)12(4-11)15(16,17)18;1-13(24,7-21-6-8(15)5-19-21)12(23)20-9-2-3-11(22(25)26)10(4-9)14(16,17)18/h2-8,10,31H,11H2,1H3,(H,26,30);2-4,7-8,26H,9H2,1H3,(H,23,25);2*2-4,6-7,25H,8H2,1H3,(H,22,24);2-6,24H,7H2,1H3,(H,20,23)/t19-;15-;2*14-;13-/m00000/s1. The number of nitro benzene ring substituents is 1. The Morgan fingerprint density at radius 2 is 0.699 bits per heavy atom. The number of carbonyl (C=O) groups is 5. The van der Waals surface area contributed by atoms with Crippen LogP contribution in [0.3, 0.4) is 0 Å². The largest absolute Gasteiger partial charge is 0.423 e. The highest BCUT2D eigenvalue weighted by atomic mass is 127. The SMILES string of the molecule is C[C@](O)(Cn1cc(-c2ccc(F)cc2)nn1)C(=O)Nc1ccc(C#N)c(C(F)(F)F)c1.C[C@](O)(Cn1cc(C#N)cn1)C(=O)Nc1ccc(C#N)c(C(F)(F)F)c1.C[C@](O)(Cn1cc(Cl)cn1)C(=O)Nc1ccc(C#N)c(C(F)(F)F)c1.C[C@](O)(Cn1cc(F)cn1)C(=O)Nc1ccc([N+](=O)[O-])c(C(F)(F)F)c1.C[C@](O)(Cn1cc(I)cn1)C(=O)Nc1ccc(C#N)c(C(F)(F)F)c1. The van der Waals surface area contributed by atoms with Crippen LogP contribution in [0.5, 0.6) is 0 Å². The number of aliphatic hydroxyl groups is 5. The highest BCUT2D eigenvalue weighted by Gasteiger charge is 2.43. The molecule has 0 aliphatic heterocycles. The van der Waals surface area contributed by atoms with Crippen molar-refractivity contribution in [3.8, 4) is 41.6 Å². The van der Waals surface area contributed by atoms with Gasteiger partial charge in [0.25, 0.3) is 35.2 Å². The van der Waals surface area contributed by atoms with Gasteiger partial charge in [-0.15, -0.1) is 5.10 Å². The summed E-state index contributed by atoms with van der Waals surface area (Å²) in [5.74, 6) is -6.00. The number of rotatable bonds is 22. The lowest BCUT2D eigenvalue weighted by molar-refractivity contribution is -0.388. The van der Waals surface area contributed by atoms with Crippen molar-refractivity contribution in [2.45, 2.75) is 126 Å². The number of aromatic nitrogens is 11. The van der Waals surface area contributed by atoms with Gasteiger partial charge in [-0.1, -0.05) is 16.8 Å². The van der Waals surface area contributed by atoms with Gasteiger partial charge in [-0.05, 0) is 166 Å². The second kappa shape index (κ2) is 42.4. The number of amides is 5. The lowest BCUT2D eigenvalue weighted by Gasteiger charge is -2.22. The van der Waals surface area contributed by atoms with Gasteiger partial charge >= 0.3 is 30.9 Å². The molecule has 0 aliphatic carbocycles. The molecule has 5 aromatic heterocycles. The summed E-state index contributed by atoms with van der Waals surface area (Å²) in [4.78, 5) is 70.7. The number of benzene rings is 6. The number of nitrogens with zero attached hydrogens (tertiary/aromatic N) is 17. The van der Waals surface area contributed by atoms with E-state index in [9.17, 15) is 134 Å². The fourth-order valence-electron chi connectivity index (χ4n) is 11.0. The molecule has 133 heavy (non-hydrogen) atoms. The fraction of sp³-hybridized carbons (Fsp3) is 0.250. The number of alkyl halides is 15. The number of halogens is 19. The average Bonchev–Trinajstić information content (AvgIpc) is 1.04. The van der Waals surface area contributed by atoms with Crippen LogP contribution in [0.25, 0.3) is 11.3 Å². The predicted octanol–water partition coefficient (Wildman–Crippen LogP) is 13.3. The zero-order chi connectivity index (χ0) is 99.7. The molecular weight excluding hydrogens is 1950 g/mol. The Labute approximate surface area is 755 Å². The normalized spacial score (nSPS) is 13.6. The highest BCUT2D eigenvalue weighted by Crippen LogP contribution is 2.41. The van der Waals surface area contributed by atoms with Crippen LogP contribution in [0.2, 0.25) is 5.02 Å². The van der Waals surface area contributed by atoms with Crippen molar-refractivity contribution in [1.82, 2.24) is 54.1 Å². The monoisotopic (exact) mass is 2010 g/mol. The van der Waals surface area contributed by atoms with Gasteiger partial charge in [-0.3, -0.25) is 52.8 Å². The molecule has 11 rings (SSSR count). The van der Waals surface area contributed by atoms with Crippen LogP contribution in [-0.2, 0) is 87.6 Å². The first-order valence-electron chi connectivity index (χ1n) is 36.6. The molecule has 0 aliphatic rings. The number of nitro groups is 1. The number of carbonyl (C=O) groups excluding carboxylic acids is 5. The molecule has 698 valence electrons. The van der Waals surface area contributed by atoms with E-state index in [2.05, 4.69) is 52.0 Å². The average molecular weight is 2010 g/mol. The summed E-state index contributed by atoms with van der Waals surface area (Å²) in [6.07, 6.45) is -12.5. The summed E-state index contributed by atoms with van der Waals surface area (Å²) in [6, 6.07) is 25.8. The molecule has 0 unspecified atom stereocenters. The second-order valence-corrected chi connectivity index (χ2v) is 30.7. The molecule has 0 radical (unpaired) electrons. The van der Waals surface area contributed by atoms with Crippen molar-refractivity contribution in [2.24, 2.45) is 0 Å². The van der Waals surface area contributed by atoms with Crippen LogP contribution in [-0.4, -0.2) is 142 Å². The van der Waals surface area contributed by atoms with Crippen molar-refractivity contribution in [3.63, 3.8) is 0 Å². The van der Waals surface area contributed by atoms with Crippen LogP contribution in [0.4, 0.5) is 109 Å². The minimum Gasteiger partial charge on any atom is -0.378 e. The third kappa shape index (κ3) is 29.8. The summed E-state index contributed by atoms with van der Waals surface area (Å²) >= 11 is 7.70. The van der Waals surface area contributed by atoms with Gasteiger partial charge in [0.05, 0.1) is 158 Å². The van der Waals surface area contributed by atoms with E-state index in [-0.39, 0.29) is 54.5 Å². The first-order valence-corrected chi connectivity index (χ1v) is 38.1. The van der Waals surface area contributed by atoms with Crippen molar-refractivity contribution < 1.29 is 129 Å². The Hall–Kier alpha value is -14.9. The number of hydrogen-bond donors (Lipinski definition) is 10. The fourth-order valence-corrected chi connectivity index (χ4v) is 11.6. The Kier molecular flexibility index (Phi) is 33.5. The van der Waals surface area contributed by atoms with Gasteiger partial charge in [-0.2, -0.15) is 113 Å². The Bertz CT molecular complexity index is 6210. The molecule has 5 heterocycles. The van der Waals surface area contributed by atoms with E-state index in [1.807, 2.05) is 34.0 Å². The summed E-state index contributed by atoms with van der Waals surface area (Å²) in [7, 11) is 0. The highest BCUT2D eigenvalue weighted by molar-refractivity contribution is 14.1. The van der Waals surface area contributed by atoms with E-state index in [0.717, 1.165) is 94.6 Å². The summed E-state index contributed by atoms with van der Waals surface area (Å²) in [5, 5.41) is 140. The summed E-state index contributed by atoms with van der Waals surface area (Å²) in [6.45, 7) is 4.22. The van der Waals surface area contributed by atoms with E-state index in [1.165, 1.54) is 120 Å². The lowest BCUT2D eigenvalue weighted by Crippen LogP contribution is -2.43. The maximum atomic E-state index is 13.1. The molecule has 0 saturated carbocycles. The van der Waals surface area contributed by atoms with Crippen LogP contribution in [0.15, 0.2) is 171 Å². The van der Waals surface area contributed by atoms with Gasteiger partial charge in [-0.25, -0.2) is 13.5 Å². The molecule has 0 saturated heterocycles. The molecule has 6 aromatic carbocycles. The summed E-state index contributed by atoms with van der Waals surface area (Å²) < 4.78 is 227. The Morgan fingerprint density at radius 3 is 0.985 bits per heavy atom. The third-order valence-electron chi connectivity index (χ3n) is 17.6. The second-order valence-electron chi connectivity index (χ2n) is 29.0. The topological polar surface area (TPSA) is 511 Å². The molecule has 10 N–H and O–H groups in total. The van der Waals surface area contributed by atoms with Gasteiger partial charge in [0.15, 0.2) is 33.8 Å². The zero-order valence-corrected chi connectivity index (χ0v) is 71.0. The number of nitrogens with one attached hydrogen (secondary N) is 5. The van der Waals surface area contributed by atoms with Gasteiger partial charge in [0.2, 0.25) is 0 Å². The molecule has 0 bridgehead atoms. The van der Waals surface area contributed by atoms with E-state index in [0.29, 0.717) is 52.7 Å². The van der Waals surface area contributed by atoms with Crippen molar-refractivity contribution in [2.75, 3.05) is 26.6 Å². The molecule has 34 nitrogen and oxygen atoms in total. The molecule has 11 aromatic rings. The smallest absolute Gasteiger partial charge is 0.378 e. The van der Waals surface area contributed by atoms with Crippen molar-refractivity contribution in [3.05, 3.63) is 257 Å². The Balaban J connectivity index is 0.000000228. The maximum absolute atomic E-state index is 13.1. The number of hydrogen-bond acceptors (Lipinski definition) is 23. The minimum absolute atomic E-state index is 0.174. The lowest BCUT2D eigenvalue weighted by atomic mass is 10.0. The maximum Gasteiger partial charge on any atom is 0.423 e. The van der Waals surface area contributed by atoms with Gasteiger partial charge in [0.1, 0.15) is 23.1 Å². The Morgan fingerprint density at radius 1 is 0.398 bits per heavy atom. The molecule has 5 atom stereocenters. The minimum atomic E-state index is -5.02. The predicted molar refractivity (Wildman–Crippen MR) is 436 cm³/mol. The molecule has 53 heteroatoms. The van der Waals surface area contributed by atoms with Crippen LogP contribution >= 0.6 is 34.2 Å². The number of anilines is 5. The van der Waals surface area contributed by atoms with Crippen molar-refractivity contribution in [1.29, 1.82) is 26.3 Å². The van der Waals surface area contributed by atoms with Gasteiger partial charge < -0.3 is 52.1 Å². The third-order valence-corrected chi connectivity index (χ3v) is 18.4. The van der Waals surface area contributed by atoms with Crippen molar-refractivity contribution >= 4 is 97.9 Å².